The number of carbonyl (C=O) groups excluding carboxylic acids is 1. The molecule has 0 bridgehead atoms. The van der Waals surface area contributed by atoms with Gasteiger partial charge in [-0.25, -0.2) is 0 Å². The molecule has 0 saturated heterocycles. The quantitative estimate of drug-likeness (QED) is 0.595. The van der Waals surface area contributed by atoms with Crippen LogP contribution in [0.25, 0.3) is 0 Å². The second-order valence-electron chi connectivity index (χ2n) is 4.00. The molecular weight excluding hydrogens is 242 g/mol. The molecule has 0 fully saturated rings. The van der Waals surface area contributed by atoms with Crippen LogP contribution in [0.3, 0.4) is 0 Å². The SMILES string of the molecule is CN(Cc1ccc2c(c1)CCCS2)C(=O)Cl. The number of hydrogen-bond acceptors (Lipinski definition) is 2. The third-order valence-corrected chi connectivity index (χ3v) is 4.18. The predicted octanol–water partition coefficient (Wildman–Crippen LogP) is 3.52. The molecule has 1 aliphatic heterocycles. The number of fused-ring (bicyclic) bond motifs is 1. The lowest BCUT2D eigenvalue weighted by Crippen LogP contribution is -2.20. The molecule has 0 aromatic heterocycles. The molecule has 1 amide bonds. The largest absolute Gasteiger partial charge is 0.328 e. The number of carbonyl (C=O) groups is 1. The van der Waals surface area contributed by atoms with E-state index in [0.29, 0.717) is 6.54 Å². The van der Waals surface area contributed by atoms with Gasteiger partial charge in [-0.15, -0.1) is 11.8 Å². The van der Waals surface area contributed by atoms with Crippen molar-refractivity contribution in [3.8, 4) is 0 Å². The number of hydrogen-bond donors (Lipinski definition) is 0. The summed E-state index contributed by atoms with van der Waals surface area (Å²) in [7, 11) is 1.71. The highest BCUT2D eigenvalue weighted by Crippen LogP contribution is 2.30. The maximum absolute atomic E-state index is 10.9. The van der Waals surface area contributed by atoms with Crippen LogP contribution < -0.4 is 0 Å². The summed E-state index contributed by atoms with van der Waals surface area (Å²) in [5, 5.41) is -0.410. The molecule has 0 aliphatic carbocycles. The number of amides is 1. The minimum Gasteiger partial charge on any atom is -0.328 e. The van der Waals surface area contributed by atoms with Crippen molar-refractivity contribution in [2.24, 2.45) is 0 Å². The molecule has 1 aromatic carbocycles. The summed E-state index contributed by atoms with van der Waals surface area (Å²) in [6.45, 7) is 0.584. The Labute approximate surface area is 105 Å². The Balaban J connectivity index is 2.14. The summed E-state index contributed by atoms with van der Waals surface area (Å²) in [6, 6.07) is 6.42. The first-order valence-electron chi connectivity index (χ1n) is 5.32. The lowest BCUT2D eigenvalue weighted by Gasteiger charge is -2.18. The summed E-state index contributed by atoms with van der Waals surface area (Å²) >= 11 is 7.32. The standard InChI is InChI=1S/C12H14ClNOS/c1-14(12(13)15)8-9-4-5-11-10(7-9)3-2-6-16-11/h4-5,7H,2-3,6,8H2,1H3. The number of halogens is 1. The summed E-state index contributed by atoms with van der Waals surface area (Å²) in [4.78, 5) is 13.8. The normalized spacial score (nSPS) is 14.4. The van der Waals surface area contributed by atoms with Gasteiger partial charge >= 0.3 is 5.37 Å². The Bertz CT molecular complexity index is 408. The summed E-state index contributed by atoms with van der Waals surface area (Å²) in [5.74, 6) is 1.21. The van der Waals surface area contributed by atoms with E-state index in [1.807, 2.05) is 11.8 Å². The van der Waals surface area contributed by atoms with Crippen LogP contribution in [0.15, 0.2) is 23.1 Å². The number of benzene rings is 1. The Morgan fingerprint density at radius 1 is 1.56 bits per heavy atom. The van der Waals surface area contributed by atoms with Gasteiger partial charge in [0.1, 0.15) is 0 Å². The van der Waals surface area contributed by atoms with E-state index < -0.39 is 5.37 Å². The molecule has 0 atom stereocenters. The van der Waals surface area contributed by atoms with Gasteiger partial charge in [-0.1, -0.05) is 12.1 Å². The molecule has 2 nitrogen and oxygen atoms in total. The van der Waals surface area contributed by atoms with Crippen molar-refractivity contribution in [3.05, 3.63) is 29.3 Å². The first-order valence-corrected chi connectivity index (χ1v) is 6.68. The van der Waals surface area contributed by atoms with E-state index in [0.717, 1.165) is 12.0 Å². The van der Waals surface area contributed by atoms with Crippen LogP contribution >= 0.6 is 23.4 Å². The maximum Gasteiger partial charge on any atom is 0.316 e. The molecule has 0 spiro atoms. The minimum absolute atomic E-state index is 0.410. The monoisotopic (exact) mass is 255 g/mol. The fourth-order valence-electron chi connectivity index (χ4n) is 1.85. The minimum atomic E-state index is -0.410. The molecule has 16 heavy (non-hydrogen) atoms. The molecule has 1 aromatic rings. The van der Waals surface area contributed by atoms with Gasteiger partial charge in [-0.2, -0.15) is 0 Å². The molecule has 4 heteroatoms. The molecule has 0 saturated carbocycles. The van der Waals surface area contributed by atoms with Crippen LogP contribution in [0, 0.1) is 0 Å². The zero-order chi connectivity index (χ0) is 11.5. The Kier molecular flexibility index (Phi) is 3.77. The molecule has 86 valence electrons. The van der Waals surface area contributed by atoms with Gasteiger partial charge in [0, 0.05) is 18.5 Å². The summed E-state index contributed by atoms with van der Waals surface area (Å²) in [6.07, 6.45) is 2.39. The average molecular weight is 256 g/mol. The van der Waals surface area contributed by atoms with Crippen LogP contribution in [0.2, 0.25) is 0 Å². The fourth-order valence-corrected chi connectivity index (χ4v) is 2.93. The highest BCUT2D eigenvalue weighted by molar-refractivity contribution is 7.99. The first kappa shape index (κ1) is 11.8. The average Bonchev–Trinajstić information content (AvgIpc) is 2.28. The predicted molar refractivity (Wildman–Crippen MR) is 68.2 cm³/mol. The molecule has 1 aliphatic rings. The van der Waals surface area contributed by atoms with Gasteiger partial charge in [0.2, 0.25) is 0 Å². The van der Waals surface area contributed by atoms with E-state index in [2.05, 4.69) is 18.2 Å². The van der Waals surface area contributed by atoms with Crippen molar-refractivity contribution in [2.75, 3.05) is 12.8 Å². The smallest absolute Gasteiger partial charge is 0.316 e. The van der Waals surface area contributed by atoms with Gasteiger partial charge in [0.05, 0.1) is 0 Å². The van der Waals surface area contributed by atoms with E-state index in [9.17, 15) is 4.79 Å². The van der Waals surface area contributed by atoms with Crippen molar-refractivity contribution < 1.29 is 4.79 Å². The summed E-state index contributed by atoms with van der Waals surface area (Å²) < 4.78 is 0. The Hall–Kier alpha value is -0.670. The van der Waals surface area contributed by atoms with Crippen molar-refractivity contribution in [1.29, 1.82) is 0 Å². The maximum atomic E-state index is 10.9. The van der Waals surface area contributed by atoms with E-state index in [1.54, 1.807) is 7.05 Å². The third kappa shape index (κ3) is 2.71. The van der Waals surface area contributed by atoms with Crippen molar-refractivity contribution in [3.63, 3.8) is 0 Å². The van der Waals surface area contributed by atoms with E-state index >= 15 is 0 Å². The van der Waals surface area contributed by atoms with Gasteiger partial charge in [-0.05, 0) is 47.4 Å². The molecular formula is C12H14ClNOS. The van der Waals surface area contributed by atoms with E-state index in [-0.39, 0.29) is 0 Å². The van der Waals surface area contributed by atoms with Crippen LogP contribution in [0.4, 0.5) is 4.79 Å². The van der Waals surface area contributed by atoms with Crippen LogP contribution in [0.5, 0.6) is 0 Å². The zero-order valence-electron chi connectivity index (χ0n) is 9.20. The van der Waals surface area contributed by atoms with Crippen molar-refractivity contribution in [2.45, 2.75) is 24.3 Å². The number of aryl methyl sites for hydroxylation is 1. The molecule has 1 heterocycles. The number of rotatable bonds is 2. The Morgan fingerprint density at radius 3 is 3.12 bits per heavy atom. The topological polar surface area (TPSA) is 20.3 Å². The van der Waals surface area contributed by atoms with Crippen molar-refractivity contribution in [1.82, 2.24) is 4.90 Å². The lowest BCUT2D eigenvalue weighted by molar-refractivity contribution is 0.230. The Morgan fingerprint density at radius 2 is 2.38 bits per heavy atom. The van der Waals surface area contributed by atoms with Gasteiger partial charge in [0.15, 0.2) is 0 Å². The number of thioether (sulfide) groups is 1. The molecule has 2 rings (SSSR count). The molecule has 0 radical (unpaired) electrons. The second-order valence-corrected chi connectivity index (χ2v) is 5.46. The van der Waals surface area contributed by atoms with Gasteiger partial charge in [-0.3, -0.25) is 4.79 Å². The highest BCUT2D eigenvalue weighted by atomic mass is 35.5. The lowest BCUT2D eigenvalue weighted by atomic mass is 10.1. The van der Waals surface area contributed by atoms with Crippen LogP contribution in [-0.2, 0) is 13.0 Å². The van der Waals surface area contributed by atoms with Crippen LogP contribution in [0.1, 0.15) is 17.5 Å². The van der Waals surface area contributed by atoms with Crippen molar-refractivity contribution >= 4 is 28.7 Å². The molecule has 0 unspecified atom stereocenters. The second kappa shape index (κ2) is 5.11. The summed E-state index contributed by atoms with van der Waals surface area (Å²) in [5.41, 5.74) is 2.56. The highest BCUT2D eigenvalue weighted by Gasteiger charge is 2.11. The third-order valence-electron chi connectivity index (χ3n) is 2.69. The zero-order valence-corrected chi connectivity index (χ0v) is 10.8. The fraction of sp³-hybridized carbons (Fsp3) is 0.417. The first-order chi connectivity index (χ1) is 7.66. The van der Waals surface area contributed by atoms with Gasteiger partial charge in [0.25, 0.3) is 0 Å². The molecule has 0 N–H and O–H groups in total. The number of nitrogens with zero attached hydrogens (tertiary/aromatic N) is 1. The van der Waals surface area contributed by atoms with Gasteiger partial charge < -0.3 is 4.90 Å². The van der Waals surface area contributed by atoms with E-state index in [4.69, 9.17) is 11.6 Å². The van der Waals surface area contributed by atoms with Crippen LogP contribution in [-0.4, -0.2) is 23.1 Å². The van der Waals surface area contributed by atoms with E-state index in [1.165, 1.54) is 27.5 Å².